The van der Waals surface area contributed by atoms with Gasteiger partial charge in [-0.3, -0.25) is 0 Å². The molecular formula is C12H16BrNOS. The number of hydrogen-bond acceptors (Lipinski definition) is 3. The van der Waals surface area contributed by atoms with Gasteiger partial charge in [0.15, 0.2) is 0 Å². The lowest BCUT2D eigenvalue weighted by atomic mass is 9.71. The van der Waals surface area contributed by atoms with Crippen molar-refractivity contribution in [2.75, 3.05) is 6.54 Å². The van der Waals surface area contributed by atoms with Crippen molar-refractivity contribution < 1.29 is 4.74 Å². The van der Waals surface area contributed by atoms with Crippen LogP contribution >= 0.6 is 27.3 Å². The Morgan fingerprint density at radius 3 is 2.88 bits per heavy atom. The fourth-order valence-electron chi connectivity index (χ4n) is 3.16. The second-order valence-corrected chi connectivity index (χ2v) is 7.52. The number of hydrogen-bond donors (Lipinski definition) is 1. The van der Waals surface area contributed by atoms with Crippen molar-refractivity contribution in [2.45, 2.75) is 37.9 Å². The first-order chi connectivity index (χ1) is 7.72. The molecule has 2 N–H and O–H groups in total. The number of ether oxygens (including phenoxy) is 1. The van der Waals surface area contributed by atoms with Gasteiger partial charge >= 0.3 is 0 Å². The Hall–Kier alpha value is 0.1000. The minimum atomic E-state index is 0.215. The van der Waals surface area contributed by atoms with Crippen molar-refractivity contribution in [3.8, 4) is 0 Å². The molecule has 0 aliphatic carbocycles. The Labute approximate surface area is 108 Å². The minimum absolute atomic E-state index is 0.215. The van der Waals surface area contributed by atoms with E-state index in [0.717, 1.165) is 19.4 Å². The van der Waals surface area contributed by atoms with Gasteiger partial charge in [0.1, 0.15) is 0 Å². The second-order valence-electron chi connectivity index (χ2n) is 4.98. The van der Waals surface area contributed by atoms with Crippen molar-refractivity contribution in [1.82, 2.24) is 0 Å². The maximum atomic E-state index is 6.02. The van der Waals surface area contributed by atoms with E-state index in [4.69, 9.17) is 10.5 Å². The van der Waals surface area contributed by atoms with Crippen LogP contribution in [0.1, 0.15) is 24.1 Å². The van der Waals surface area contributed by atoms with Crippen LogP contribution in [0.15, 0.2) is 15.9 Å². The van der Waals surface area contributed by atoms with Crippen LogP contribution in [0, 0.1) is 5.41 Å². The molecule has 4 heteroatoms. The Balaban J connectivity index is 1.81. The van der Waals surface area contributed by atoms with E-state index in [1.165, 1.54) is 21.5 Å². The van der Waals surface area contributed by atoms with Gasteiger partial charge in [-0.1, -0.05) is 0 Å². The van der Waals surface area contributed by atoms with Gasteiger partial charge in [-0.25, -0.2) is 0 Å². The first-order valence-corrected chi connectivity index (χ1v) is 7.42. The second kappa shape index (κ2) is 4.09. The zero-order valence-corrected chi connectivity index (χ0v) is 11.5. The molecule has 3 heterocycles. The summed E-state index contributed by atoms with van der Waals surface area (Å²) in [5, 5.41) is 0. The van der Waals surface area contributed by atoms with Crippen molar-refractivity contribution in [3.63, 3.8) is 0 Å². The quantitative estimate of drug-likeness (QED) is 0.931. The third-order valence-electron chi connectivity index (χ3n) is 3.99. The lowest BCUT2D eigenvalue weighted by molar-refractivity contribution is 0.0639. The molecule has 0 amide bonds. The van der Waals surface area contributed by atoms with Crippen LogP contribution < -0.4 is 5.73 Å². The Bertz CT molecular complexity index is 394. The molecule has 2 nitrogen and oxygen atoms in total. The average Bonchev–Trinajstić information content (AvgIpc) is 2.94. The van der Waals surface area contributed by atoms with Gasteiger partial charge < -0.3 is 10.5 Å². The molecular weight excluding hydrogens is 286 g/mol. The molecule has 2 saturated heterocycles. The van der Waals surface area contributed by atoms with Gasteiger partial charge in [-0.2, -0.15) is 0 Å². The monoisotopic (exact) mass is 301 g/mol. The van der Waals surface area contributed by atoms with Crippen LogP contribution in [-0.4, -0.2) is 18.8 Å². The molecule has 2 bridgehead atoms. The highest BCUT2D eigenvalue weighted by molar-refractivity contribution is 9.11. The fraction of sp³-hybridized carbons (Fsp3) is 0.667. The summed E-state index contributed by atoms with van der Waals surface area (Å²) in [6.07, 6.45) is 5.57. The van der Waals surface area contributed by atoms with Crippen LogP contribution in [-0.2, 0) is 11.2 Å². The summed E-state index contributed by atoms with van der Waals surface area (Å²) in [4.78, 5) is 1.42. The number of halogens is 1. The number of fused-ring (bicyclic) bond motifs is 2. The number of rotatable bonds is 3. The van der Waals surface area contributed by atoms with E-state index in [2.05, 4.69) is 28.1 Å². The zero-order chi connectivity index (χ0) is 11.2. The van der Waals surface area contributed by atoms with Crippen molar-refractivity contribution >= 4 is 27.3 Å². The highest BCUT2D eigenvalue weighted by Crippen LogP contribution is 2.49. The molecule has 3 rings (SSSR count). The van der Waals surface area contributed by atoms with Crippen LogP contribution in [0.3, 0.4) is 0 Å². The minimum Gasteiger partial charge on any atom is -0.374 e. The van der Waals surface area contributed by atoms with Crippen LogP contribution in [0.4, 0.5) is 0 Å². The highest BCUT2D eigenvalue weighted by atomic mass is 79.9. The summed E-state index contributed by atoms with van der Waals surface area (Å²) in [6, 6.07) is 4.33. The van der Waals surface area contributed by atoms with Gasteiger partial charge in [0, 0.05) is 16.8 Å². The molecule has 0 saturated carbocycles. The summed E-state index contributed by atoms with van der Waals surface area (Å²) in [7, 11) is 0. The normalized spacial score (nSPS) is 37.1. The van der Waals surface area contributed by atoms with Gasteiger partial charge in [0.05, 0.1) is 16.0 Å². The van der Waals surface area contributed by atoms with E-state index < -0.39 is 0 Å². The van der Waals surface area contributed by atoms with Crippen LogP contribution in [0.25, 0.3) is 0 Å². The standard InChI is InChI=1S/C12H16BrNOS/c13-11-4-2-9(16-11)6-12(7-14)5-8-1-3-10(12)15-8/h2,4,8,10H,1,3,5-7,14H2. The fourth-order valence-corrected chi connectivity index (χ4v) is 4.80. The highest BCUT2D eigenvalue weighted by Gasteiger charge is 2.51. The molecule has 3 atom stereocenters. The van der Waals surface area contributed by atoms with E-state index in [1.54, 1.807) is 0 Å². The zero-order valence-electron chi connectivity index (χ0n) is 9.12. The molecule has 0 spiro atoms. The summed E-state index contributed by atoms with van der Waals surface area (Å²) < 4.78 is 7.18. The van der Waals surface area contributed by atoms with E-state index in [0.29, 0.717) is 12.2 Å². The van der Waals surface area contributed by atoms with Gasteiger partial charge in [-0.15, -0.1) is 11.3 Å². The summed E-state index contributed by atoms with van der Waals surface area (Å²) >= 11 is 5.34. The van der Waals surface area contributed by atoms with Gasteiger partial charge in [0.2, 0.25) is 0 Å². The van der Waals surface area contributed by atoms with E-state index in [9.17, 15) is 0 Å². The van der Waals surface area contributed by atoms with E-state index >= 15 is 0 Å². The van der Waals surface area contributed by atoms with Crippen molar-refractivity contribution in [2.24, 2.45) is 11.1 Å². The largest absolute Gasteiger partial charge is 0.374 e. The number of nitrogens with two attached hydrogens (primary N) is 1. The first-order valence-electron chi connectivity index (χ1n) is 5.82. The smallest absolute Gasteiger partial charge is 0.0701 e. The molecule has 2 fully saturated rings. The SMILES string of the molecule is NCC1(Cc2ccc(Br)s2)CC2CCC1O2. The molecule has 16 heavy (non-hydrogen) atoms. The molecule has 0 aromatic carbocycles. The summed E-state index contributed by atoms with van der Waals surface area (Å²) in [5.41, 5.74) is 6.24. The lowest BCUT2D eigenvalue weighted by Gasteiger charge is -2.33. The van der Waals surface area contributed by atoms with Crippen molar-refractivity contribution in [3.05, 3.63) is 20.8 Å². The van der Waals surface area contributed by atoms with Crippen LogP contribution in [0.2, 0.25) is 0 Å². The molecule has 0 radical (unpaired) electrons. The van der Waals surface area contributed by atoms with Gasteiger partial charge in [0.25, 0.3) is 0 Å². The summed E-state index contributed by atoms with van der Waals surface area (Å²) in [5.74, 6) is 0. The third kappa shape index (κ3) is 1.76. The molecule has 2 aliphatic rings. The molecule has 1 aromatic rings. The van der Waals surface area contributed by atoms with E-state index in [-0.39, 0.29) is 5.41 Å². The Morgan fingerprint density at radius 2 is 2.38 bits per heavy atom. The predicted molar refractivity (Wildman–Crippen MR) is 69.7 cm³/mol. The first kappa shape index (κ1) is 11.2. The number of thiophene rings is 1. The Kier molecular flexibility index (Phi) is 2.86. The van der Waals surface area contributed by atoms with Gasteiger partial charge in [-0.05, 0) is 53.7 Å². The van der Waals surface area contributed by atoms with E-state index in [1.807, 2.05) is 11.3 Å². The average molecular weight is 302 g/mol. The topological polar surface area (TPSA) is 35.2 Å². The third-order valence-corrected chi connectivity index (χ3v) is 5.61. The molecule has 88 valence electrons. The maximum absolute atomic E-state index is 6.02. The Morgan fingerprint density at radius 1 is 1.50 bits per heavy atom. The molecule has 2 aliphatic heterocycles. The molecule has 1 aromatic heterocycles. The maximum Gasteiger partial charge on any atom is 0.0701 e. The van der Waals surface area contributed by atoms with Crippen LogP contribution in [0.5, 0.6) is 0 Å². The summed E-state index contributed by atoms with van der Waals surface area (Å²) in [6.45, 7) is 0.754. The predicted octanol–water partition coefficient (Wildman–Crippen LogP) is 2.95. The molecule has 3 unspecified atom stereocenters. The van der Waals surface area contributed by atoms with Crippen molar-refractivity contribution in [1.29, 1.82) is 0 Å². The lowest BCUT2D eigenvalue weighted by Crippen LogP contribution is -2.41.